The fourth-order valence-electron chi connectivity index (χ4n) is 2.80. The van der Waals surface area contributed by atoms with Gasteiger partial charge in [0.05, 0.1) is 13.2 Å². The van der Waals surface area contributed by atoms with Gasteiger partial charge in [-0.05, 0) is 17.7 Å². The van der Waals surface area contributed by atoms with E-state index in [2.05, 4.69) is 10.5 Å². The predicted octanol–water partition coefficient (Wildman–Crippen LogP) is 3.30. The Kier molecular flexibility index (Phi) is 4.24. The lowest BCUT2D eigenvalue weighted by Gasteiger charge is -2.10. The molecule has 0 bridgehead atoms. The van der Waals surface area contributed by atoms with E-state index in [4.69, 9.17) is 14.3 Å². The van der Waals surface area contributed by atoms with Gasteiger partial charge in [-0.3, -0.25) is 4.79 Å². The number of carbonyl (C=O) groups is 1. The van der Waals surface area contributed by atoms with Crippen molar-refractivity contribution in [2.75, 3.05) is 18.5 Å². The summed E-state index contributed by atoms with van der Waals surface area (Å²) in [7, 11) is 0. The molecular formula is C19H18N2O4. The SMILES string of the molecule is O=C(Nc1ccc2c(c1)OCCCO2)C1=NO[C@@H](c2ccccc2)C1. The Balaban J connectivity index is 1.42. The summed E-state index contributed by atoms with van der Waals surface area (Å²) in [5, 5.41) is 6.78. The van der Waals surface area contributed by atoms with Gasteiger partial charge >= 0.3 is 0 Å². The number of hydrogen-bond acceptors (Lipinski definition) is 5. The first-order valence-electron chi connectivity index (χ1n) is 8.28. The Morgan fingerprint density at radius 3 is 2.68 bits per heavy atom. The number of amides is 1. The van der Waals surface area contributed by atoms with E-state index in [0.717, 1.165) is 12.0 Å². The third-order valence-electron chi connectivity index (χ3n) is 4.11. The minimum atomic E-state index is -0.270. The van der Waals surface area contributed by atoms with Crippen LogP contribution in [0.3, 0.4) is 0 Å². The summed E-state index contributed by atoms with van der Waals surface area (Å²) in [5.74, 6) is 1.07. The topological polar surface area (TPSA) is 69.2 Å². The summed E-state index contributed by atoms with van der Waals surface area (Å²) in [5.41, 5.74) is 2.02. The first-order valence-corrected chi connectivity index (χ1v) is 8.28. The average Bonchev–Trinajstić information content (AvgIpc) is 3.03. The van der Waals surface area contributed by atoms with E-state index in [1.807, 2.05) is 30.3 Å². The zero-order valence-electron chi connectivity index (χ0n) is 13.6. The largest absolute Gasteiger partial charge is 0.490 e. The third-order valence-corrected chi connectivity index (χ3v) is 4.11. The molecule has 0 aromatic heterocycles. The maximum absolute atomic E-state index is 12.4. The van der Waals surface area contributed by atoms with E-state index in [1.54, 1.807) is 18.2 Å². The normalized spacial score (nSPS) is 18.7. The fraction of sp³-hybridized carbons (Fsp3) is 0.263. The zero-order chi connectivity index (χ0) is 17.1. The molecule has 1 atom stereocenters. The molecule has 0 aliphatic carbocycles. The molecule has 1 N–H and O–H groups in total. The molecule has 0 radical (unpaired) electrons. The minimum Gasteiger partial charge on any atom is -0.490 e. The summed E-state index contributed by atoms with van der Waals surface area (Å²) in [6, 6.07) is 15.1. The van der Waals surface area contributed by atoms with Crippen LogP contribution in [0.5, 0.6) is 11.5 Å². The molecule has 0 saturated heterocycles. The van der Waals surface area contributed by atoms with Crippen LogP contribution < -0.4 is 14.8 Å². The van der Waals surface area contributed by atoms with E-state index in [1.165, 1.54) is 0 Å². The summed E-state index contributed by atoms with van der Waals surface area (Å²) in [6.45, 7) is 1.23. The number of benzene rings is 2. The van der Waals surface area contributed by atoms with Crippen molar-refractivity contribution in [1.82, 2.24) is 0 Å². The zero-order valence-corrected chi connectivity index (χ0v) is 13.6. The molecule has 128 valence electrons. The van der Waals surface area contributed by atoms with E-state index in [0.29, 0.717) is 42.5 Å². The average molecular weight is 338 g/mol. The van der Waals surface area contributed by atoms with Crippen LogP contribution in [0.2, 0.25) is 0 Å². The molecule has 0 unspecified atom stereocenters. The van der Waals surface area contributed by atoms with Gasteiger partial charge in [0.15, 0.2) is 17.6 Å². The number of fused-ring (bicyclic) bond motifs is 1. The number of anilines is 1. The van der Waals surface area contributed by atoms with Crippen molar-refractivity contribution in [3.8, 4) is 11.5 Å². The van der Waals surface area contributed by atoms with Crippen molar-refractivity contribution >= 4 is 17.3 Å². The van der Waals surface area contributed by atoms with Crippen molar-refractivity contribution in [2.24, 2.45) is 5.16 Å². The molecule has 0 fully saturated rings. The second-order valence-electron chi connectivity index (χ2n) is 5.91. The number of oxime groups is 1. The molecule has 6 nitrogen and oxygen atoms in total. The van der Waals surface area contributed by atoms with Gasteiger partial charge in [0.2, 0.25) is 0 Å². The van der Waals surface area contributed by atoms with E-state index in [9.17, 15) is 4.79 Å². The van der Waals surface area contributed by atoms with Crippen LogP contribution in [-0.4, -0.2) is 24.8 Å². The first-order chi connectivity index (χ1) is 12.3. The lowest BCUT2D eigenvalue weighted by atomic mass is 10.0. The van der Waals surface area contributed by atoms with Gasteiger partial charge in [-0.1, -0.05) is 35.5 Å². The maximum atomic E-state index is 12.4. The van der Waals surface area contributed by atoms with Gasteiger partial charge in [0.1, 0.15) is 5.71 Å². The molecule has 25 heavy (non-hydrogen) atoms. The highest BCUT2D eigenvalue weighted by atomic mass is 16.6. The number of nitrogens with zero attached hydrogens (tertiary/aromatic N) is 1. The van der Waals surface area contributed by atoms with Crippen molar-refractivity contribution < 1.29 is 19.1 Å². The van der Waals surface area contributed by atoms with Crippen molar-refractivity contribution in [2.45, 2.75) is 18.9 Å². The summed E-state index contributed by atoms with van der Waals surface area (Å²) in [6.07, 6.45) is 1.07. The van der Waals surface area contributed by atoms with Gasteiger partial charge in [-0.2, -0.15) is 0 Å². The van der Waals surface area contributed by atoms with Crippen LogP contribution in [-0.2, 0) is 9.63 Å². The molecule has 6 heteroatoms. The van der Waals surface area contributed by atoms with E-state index in [-0.39, 0.29) is 12.0 Å². The molecule has 2 aromatic carbocycles. The monoisotopic (exact) mass is 338 g/mol. The predicted molar refractivity (Wildman–Crippen MR) is 93.0 cm³/mol. The second kappa shape index (κ2) is 6.84. The summed E-state index contributed by atoms with van der Waals surface area (Å²) < 4.78 is 11.2. The Bertz CT molecular complexity index is 804. The Morgan fingerprint density at radius 2 is 1.84 bits per heavy atom. The maximum Gasteiger partial charge on any atom is 0.273 e. The van der Waals surface area contributed by atoms with Crippen LogP contribution in [0.1, 0.15) is 24.5 Å². The van der Waals surface area contributed by atoms with Gasteiger partial charge in [0, 0.05) is 24.6 Å². The van der Waals surface area contributed by atoms with Crippen LogP contribution in [0.4, 0.5) is 5.69 Å². The van der Waals surface area contributed by atoms with Gasteiger partial charge in [-0.15, -0.1) is 0 Å². The number of rotatable bonds is 3. The highest BCUT2D eigenvalue weighted by molar-refractivity contribution is 6.43. The lowest BCUT2D eigenvalue weighted by molar-refractivity contribution is -0.110. The van der Waals surface area contributed by atoms with Gasteiger partial charge in [0.25, 0.3) is 5.91 Å². The van der Waals surface area contributed by atoms with Gasteiger partial charge < -0.3 is 19.6 Å². The molecule has 0 saturated carbocycles. The molecular weight excluding hydrogens is 320 g/mol. The number of carbonyl (C=O) groups excluding carboxylic acids is 1. The molecule has 2 aliphatic rings. The molecule has 1 amide bonds. The van der Waals surface area contributed by atoms with Crippen LogP contribution in [0, 0.1) is 0 Å². The number of nitrogens with one attached hydrogen (secondary N) is 1. The Hall–Kier alpha value is -3.02. The molecule has 2 heterocycles. The molecule has 0 spiro atoms. The summed E-state index contributed by atoms with van der Waals surface area (Å²) >= 11 is 0. The smallest absolute Gasteiger partial charge is 0.273 e. The second-order valence-corrected chi connectivity index (χ2v) is 5.91. The number of ether oxygens (including phenoxy) is 2. The van der Waals surface area contributed by atoms with Crippen LogP contribution >= 0.6 is 0 Å². The number of hydrogen-bond donors (Lipinski definition) is 1. The van der Waals surface area contributed by atoms with E-state index >= 15 is 0 Å². The lowest BCUT2D eigenvalue weighted by Crippen LogP contribution is -2.21. The fourth-order valence-corrected chi connectivity index (χ4v) is 2.80. The summed E-state index contributed by atoms with van der Waals surface area (Å²) in [4.78, 5) is 17.8. The first kappa shape index (κ1) is 15.5. The Morgan fingerprint density at radius 1 is 1.04 bits per heavy atom. The van der Waals surface area contributed by atoms with Crippen molar-refractivity contribution in [3.63, 3.8) is 0 Å². The van der Waals surface area contributed by atoms with Crippen LogP contribution in [0.15, 0.2) is 53.7 Å². The Labute approximate surface area is 145 Å². The highest BCUT2D eigenvalue weighted by Gasteiger charge is 2.27. The van der Waals surface area contributed by atoms with Crippen molar-refractivity contribution in [3.05, 3.63) is 54.1 Å². The quantitative estimate of drug-likeness (QED) is 0.932. The van der Waals surface area contributed by atoms with E-state index < -0.39 is 0 Å². The molecule has 4 rings (SSSR count). The molecule has 2 aromatic rings. The third kappa shape index (κ3) is 3.42. The van der Waals surface area contributed by atoms with Crippen molar-refractivity contribution in [1.29, 1.82) is 0 Å². The standard InChI is InChI=1S/C19H18N2O4/c22-19(15-12-17(25-21-15)13-5-2-1-3-6-13)20-14-7-8-16-18(11-14)24-10-4-9-23-16/h1-3,5-8,11,17H,4,9-10,12H2,(H,20,22)/t17-/m1/s1. The van der Waals surface area contributed by atoms with Gasteiger partial charge in [-0.25, -0.2) is 0 Å². The molecule has 2 aliphatic heterocycles. The van der Waals surface area contributed by atoms with Crippen LogP contribution in [0.25, 0.3) is 0 Å². The highest BCUT2D eigenvalue weighted by Crippen LogP contribution is 2.33. The minimum absolute atomic E-state index is 0.217.